The van der Waals surface area contributed by atoms with Gasteiger partial charge in [-0.25, -0.2) is 0 Å². The summed E-state index contributed by atoms with van der Waals surface area (Å²) >= 11 is 0. The van der Waals surface area contributed by atoms with Crippen molar-refractivity contribution in [1.29, 1.82) is 0 Å². The van der Waals surface area contributed by atoms with E-state index in [1.807, 2.05) is 14.0 Å². The Hall–Kier alpha value is -0.730. The molecule has 50 valence electrons. The van der Waals surface area contributed by atoms with Gasteiger partial charge in [-0.3, -0.25) is 0 Å². The summed E-state index contributed by atoms with van der Waals surface area (Å²) in [5, 5.41) is 3.65. The van der Waals surface area contributed by atoms with Gasteiger partial charge in [0, 0.05) is 18.0 Å². The minimum absolute atomic E-state index is 0.122. The highest BCUT2D eigenvalue weighted by atomic mass is 15.3. The Morgan fingerprint density at radius 2 is 2.22 bits per heavy atom. The fourth-order valence-corrected chi connectivity index (χ4v) is 1.29. The number of azide groups is 1. The highest BCUT2D eigenvalue weighted by molar-refractivity contribution is 4.97. The molecule has 1 rings (SSSR count). The summed E-state index contributed by atoms with van der Waals surface area (Å²) in [4.78, 5) is 4.88. The molecule has 0 aromatic heterocycles. The van der Waals surface area contributed by atoms with Gasteiger partial charge in [-0.05, 0) is 12.6 Å². The first-order valence-electron chi connectivity index (χ1n) is 2.91. The van der Waals surface area contributed by atoms with Gasteiger partial charge in [-0.1, -0.05) is 12.0 Å². The van der Waals surface area contributed by atoms with Crippen LogP contribution in [-0.4, -0.2) is 30.6 Å². The van der Waals surface area contributed by atoms with E-state index in [4.69, 9.17) is 5.53 Å². The third-order valence-corrected chi connectivity index (χ3v) is 1.51. The largest absolute Gasteiger partial charge is 0.305 e. The predicted octanol–water partition coefficient (Wildman–Crippen LogP) is 1.00. The smallest absolute Gasteiger partial charge is 0.0713 e. The molecule has 1 fully saturated rings. The van der Waals surface area contributed by atoms with E-state index in [9.17, 15) is 0 Å². The summed E-state index contributed by atoms with van der Waals surface area (Å²) in [6, 6.07) is 0. The van der Waals surface area contributed by atoms with Crippen LogP contribution in [0, 0.1) is 0 Å². The molecular weight excluding hydrogens is 116 g/mol. The SMILES string of the molecule is CN1CC(C)(N=[N+]=[N-])C1. The predicted molar refractivity (Wildman–Crippen MR) is 35.0 cm³/mol. The first kappa shape index (κ1) is 6.39. The molecular formula is C5H10N4. The van der Waals surface area contributed by atoms with Gasteiger partial charge in [0.1, 0.15) is 0 Å². The van der Waals surface area contributed by atoms with E-state index < -0.39 is 0 Å². The molecule has 0 N–H and O–H groups in total. The summed E-state index contributed by atoms with van der Waals surface area (Å²) in [6.07, 6.45) is 0. The van der Waals surface area contributed by atoms with E-state index in [1.54, 1.807) is 0 Å². The second-order valence-electron chi connectivity index (χ2n) is 2.86. The van der Waals surface area contributed by atoms with Crippen LogP contribution >= 0.6 is 0 Å². The maximum Gasteiger partial charge on any atom is 0.0713 e. The van der Waals surface area contributed by atoms with Crippen LogP contribution in [0.4, 0.5) is 0 Å². The molecule has 9 heavy (non-hydrogen) atoms. The summed E-state index contributed by atoms with van der Waals surface area (Å²) in [5.41, 5.74) is 7.97. The summed E-state index contributed by atoms with van der Waals surface area (Å²) in [5.74, 6) is 0. The van der Waals surface area contributed by atoms with Crippen molar-refractivity contribution in [3.05, 3.63) is 10.4 Å². The van der Waals surface area contributed by atoms with E-state index in [0.29, 0.717) is 0 Å². The number of nitrogens with zero attached hydrogens (tertiary/aromatic N) is 4. The first-order valence-corrected chi connectivity index (χ1v) is 2.91. The van der Waals surface area contributed by atoms with E-state index in [1.165, 1.54) is 0 Å². The first-order chi connectivity index (χ1) is 4.16. The van der Waals surface area contributed by atoms with E-state index in [0.717, 1.165) is 13.1 Å². The van der Waals surface area contributed by atoms with Crippen LogP contribution in [0.2, 0.25) is 0 Å². The lowest BCUT2D eigenvalue weighted by molar-refractivity contribution is 0.115. The Kier molecular flexibility index (Phi) is 1.35. The summed E-state index contributed by atoms with van der Waals surface area (Å²) in [7, 11) is 2.01. The lowest BCUT2D eigenvalue weighted by atomic mass is 9.95. The number of hydrogen-bond acceptors (Lipinski definition) is 2. The Bertz CT molecular complexity index is 152. The average molecular weight is 126 g/mol. The normalized spacial score (nSPS) is 24.2. The maximum atomic E-state index is 8.09. The van der Waals surface area contributed by atoms with Crippen LogP contribution in [0.1, 0.15) is 6.92 Å². The van der Waals surface area contributed by atoms with Gasteiger partial charge in [0.05, 0.1) is 5.54 Å². The van der Waals surface area contributed by atoms with Crippen molar-refractivity contribution in [1.82, 2.24) is 4.90 Å². The van der Waals surface area contributed by atoms with Crippen molar-refractivity contribution < 1.29 is 0 Å². The summed E-state index contributed by atoms with van der Waals surface area (Å²) in [6.45, 7) is 3.74. The minimum atomic E-state index is -0.122. The zero-order valence-corrected chi connectivity index (χ0v) is 5.70. The van der Waals surface area contributed by atoms with Gasteiger partial charge in [0.15, 0.2) is 0 Å². The van der Waals surface area contributed by atoms with Crippen LogP contribution in [0.5, 0.6) is 0 Å². The fraction of sp³-hybridized carbons (Fsp3) is 1.00. The molecule has 1 aliphatic rings. The molecule has 0 radical (unpaired) electrons. The molecule has 1 aliphatic heterocycles. The van der Waals surface area contributed by atoms with E-state index in [-0.39, 0.29) is 5.54 Å². The maximum absolute atomic E-state index is 8.09. The van der Waals surface area contributed by atoms with Crippen LogP contribution in [0.3, 0.4) is 0 Å². The van der Waals surface area contributed by atoms with Gasteiger partial charge in [0.25, 0.3) is 0 Å². The van der Waals surface area contributed by atoms with Crippen LogP contribution in [0.15, 0.2) is 5.11 Å². The van der Waals surface area contributed by atoms with Crippen molar-refractivity contribution in [2.24, 2.45) is 5.11 Å². The molecule has 4 nitrogen and oxygen atoms in total. The Morgan fingerprint density at radius 1 is 1.67 bits per heavy atom. The van der Waals surface area contributed by atoms with Crippen molar-refractivity contribution in [3.8, 4) is 0 Å². The molecule has 0 aliphatic carbocycles. The zero-order valence-electron chi connectivity index (χ0n) is 5.70. The highest BCUT2D eigenvalue weighted by Crippen LogP contribution is 2.22. The van der Waals surface area contributed by atoms with Crippen LogP contribution in [-0.2, 0) is 0 Å². The van der Waals surface area contributed by atoms with Gasteiger partial charge in [-0.15, -0.1) is 0 Å². The Balaban J connectivity index is 2.49. The minimum Gasteiger partial charge on any atom is -0.305 e. The lowest BCUT2D eigenvalue weighted by Gasteiger charge is -2.42. The molecule has 0 spiro atoms. The molecule has 0 amide bonds. The van der Waals surface area contributed by atoms with Crippen molar-refractivity contribution >= 4 is 0 Å². The molecule has 4 heteroatoms. The quantitative estimate of drug-likeness (QED) is 0.294. The number of likely N-dealkylation sites (N-methyl/N-ethyl adjacent to an activating group) is 1. The number of likely N-dealkylation sites (tertiary alicyclic amines) is 1. The van der Waals surface area contributed by atoms with Crippen LogP contribution < -0.4 is 0 Å². The molecule has 0 unspecified atom stereocenters. The number of hydrogen-bond donors (Lipinski definition) is 0. The second-order valence-corrected chi connectivity index (χ2v) is 2.86. The zero-order chi connectivity index (χ0) is 6.91. The number of rotatable bonds is 1. The lowest BCUT2D eigenvalue weighted by Crippen LogP contribution is -2.56. The molecule has 0 aromatic carbocycles. The second kappa shape index (κ2) is 1.90. The topological polar surface area (TPSA) is 52.0 Å². The third kappa shape index (κ3) is 1.15. The average Bonchev–Trinajstić information content (AvgIpc) is 1.62. The van der Waals surface area contributed by atoms with Crippen LogP contribution in [0.25, 0.3) is 10.4 Å². The van der Waals surface area contributed by atoms with Gasteiger partial charge < -0.3 is 4.90 Å². The molecule has 1 saturated heterocycles. The van der Waals surface area contributed by atoms with Gasteiger partial charge in [-0.2, -0.15) is 0 Å². The molecule has 0 atom stereocenters. The summed E-state index contributed by atoms with van der Waals surface area (Å²) < 4.78 is 0. The fourth-order valence-electron chi connectivity index (χ4n) is 1.29. The molecule has 0 saturated carbocycles. The third-order valence-electron chi connectivity index (χ3n) is 1.51. The van der Waals surface area contributed by atoms with E-state index >= 15 is 0 Å². The standard InChI is InChI=1S/C5H10N4/c1-5(7-8-6)3-9(2)4-5/h3-4H2,1-2H3. The molecule has 1 heterocycles. The Morgan fingerprint density at radius 3 is 2.56 bits per heavy atom. The van der Waals surface area contributed by atoms with Gasteiger partial charge >= 0.3 is 0 Å². The van der Waals surface area contributed by atoms with Crippen molar-refractivity contribution in [3.63, 3.8) is 0 Å². The highest BCUT2D eigenvalue weighted by Gasteiger charge is 2.35. The van der Waals surface area contributed by atoms with Crippen molar-refractivity contribution in [2.45, 2.75) is 12.5 Å². The monoisotopic (exact) mass is 126 g/mol. The van der Waals surface area contributed by atoms with E-state index in [2.05, 4.69) is 14.9 Å². The molecule has 0 aromatic rings. The Labute approximate surface area is 54.1 Å². The van der Waals surface area contributed by atoms with Crippen molar-refractivity contribution in [2.75, 3.05) is 20.1 Å². The molecule has 0 bridgehead atoms. The van der Waals surface area contributed by atoms with Gasteiger partial charge in [0.2, 0.25) is 0 Å².